The zero-order chi connectivity index (χ0) is 22.6. The molecular formula is C22H23F3N4O2. The zero-order valence-corrected chi connectivity index (χ0v) is 17.5. The molecule has 0 aliphatic carbocycles. The van der Waals surface area contributed by atoms with Crippen molar-refractivity contribution < 1.29 is 22.7 Å². The Morgan fingerprint density at radius 1 is 1.19 bits per heavy atom. The molecule has 0 bridgehead atoms. The van der Waals surface area contributed by atoms with Crippen LogP contribution in [-0.2, 0) is 12.7 Å². The van der Waals surface area contributed by atoms with Gasteiger partial charge in [0.1, 0.15) is 12.4 Å². The summed E-state index contributed by atoms with van der Waals surface area (Å²) in [6, 6.07) is 8.99. The minimum Gasteiger partial charge on any atom is -0.492 e. The number of ether oxygens (including phenoxy) is 1. The van der Waals surface area contributed by atoms with Crippen molar-refractivity contribution >= 4 is 16.9 Å². The number of hydrogen-bond acceptors (Lipinski definition) is 5. The SMILES string of the molecule is Cc1nc2ncccc2cc1C(=O)NCc1ccc(OCCN(C)C)c(C(F)(F)F)c1. The fraction of sp³-hybridized carbons (Fsp3) is 0.318. The summed E-state index contributed by atoms with van der Waals surface area (Å²) in [7, 11) is 3.62. The Hall–Kier alpha value is -3.20. The molecule has 0 radical (unpaired) electrons. The summed E-state index contributed by atoms with van der Waals surface area (Å²) in [4.78, 5) is 22.9. The van der Waals surface area contributed by atoms with Gasteiger partial charge in [0.25, 0.3) is 5.91 Å². The normalized spacial score (nSPS) is 11.7. The number of pyridine rings is 2. The molecule has 164 valence electrons. The van der Waals surface area contributed by atoms with Crippen LogP contribution in [0.25, 0.3) is 11.0 Å². The van der Waals surface area contributed by atoms with Crippen LogP contribution in [-0.4, -0.2) is 48.0 Å². The third-order valence-electron chi connectivity index (χ3n) is 4.62. The van der Waals surface area contributed by atoms with Crippen LogP contribution in [0.4, 0.5) is 13.2 Å². The number of likely N-dealkylation sites (N-methyl/N-ethyl adjacent to an activating group) is 1. The summed E-state index contributed by atoms with van der Waals surface area (Å²) in [5, 5.41) is 3.37. The number of aromatic nitrogens is 2. The van der Waals surface area contributed by atoms with E-state index in [0.29, 0.717) is 34.4 Å². The van der Waals surface area contributed by atoms with Gasteiger partial charge < -0.3 is 15.0 Å². The van der Waals surface area contributed by atoms with Gasteiger partial charge in [-0.3, -0.25) is 4.79 Å². The number of halogens is 3. The minimum absolute atomic E-state index is 0.0651. The second-order valence-corrected chi connectivity index (χ2v) is 7.33. The highest BCUT2D eigenvalue weighted by molar-refractivity contribution is 5.98. The Balaban J connectivity index is 1.75. The van der Waals surface area contributed by atoms with Crippen molar-refractivity contribution in [3.63, 3.8) is 0 Å². The summed E-state index contributed by atoms with van der Waals surface area (Å²) in [6.07, 6.45) is -2.96. The van der Waals surface area contributed by atoms with Crippen LogP contribution >= 0.6 is 0 Å². The molecular weight excluding hydrogens is 409 g/mol. The molecule has 0 aliphatic rings. The molecule has 3 rings (SSSR count). The molecule has 0 saturated heterocycles. The first-order chi connectivity index (χ1) is 14.6. The summed E-state index contributed by atoms with van der Waals surface area (Å²) < 4.78 is 45.8. The van der Waals surface area contributed by atoms with E-state index in [4.69, 9.17) is 4.74 Å². The van der Waals surface area contributed by atoms with Crippen LogP contribution in [0.5, 0.6) is 5.75 Å². The zero-order valence-electron chi connectivity index (χ0n) is 17.5. The highest BCUT2D eigenvalue weighted by atomic mass is 19.4. The predicted octanol–water partition coefficient (Wildman–Crippen LogP) is 3.83. The van der Waals surface area contributed by atoms with E-state index in [0.717, 1.165) is 6.07 Å². The summed E-state index contributed by atoms with van der Waals surface area (Å²) in [5.41, 5.74) is 0.807. The van der Waals surface area contributed by atoms with Crippen LogP contribution in [0.15, 0.2) is 42.6 Å². The van der Waals surface area contributed by atoms with Gasteiger partial charge >= 0.3 is 6.18 Å². The van der Waals surface area contributed by atoms with Gasteiger partial charge in [-0.15, -0.1) is 0 Å². The molecule has 1 N–H and O–H groups in total. The first kappa shape index (κ1) is 22.5. The van der Waals surface area contributed by atoms with Gasteiger partial charge in [0.05, 0.1) is 16.8 Å². The average Bonchev–Trinajstić information content (AvgIpc) is 2.71. The lowest BCUT2D eigenvalue weighted by Crippen LogP contribution is -2.24. The first-order valence-electron chi connectivity index (χ1n) is 9.63. The lowest BCUT2D eigenvalue weighted by atomic mass is 10.1. The molecule has 2 heterocycles. The van der Waals surface area contributed by atoms with Gasteiger partial charge in [0.2, 0.25) is 0 Å². The van der Waals surface area contributed by atoms with E-state index >= 15 is 0 Å². The molecule has 6 nitrogen and oxygen atoms in total. The summed E-state index contributed by atoms with van der Waals surface area (Å²) in [6.45, 7) is 2.24. The summed E-state index contributed by atoms with van der Waals surface area (Å²) in [5.74, 6) is -0.651. The molecule has 1 aromatic carbocycles. The predicted molar refractivity (Wildman–Crippen MR) is 111 cm³/mol. The van der Waals surface area contributed by atoms with E-state index < -0.39 is 17.6 Å². The lowest BCUT2D eigenvalue weighted by Gasteiger charge is -2.17. The monoisotopic (exact) mass is 432 g/mol. The third kappa shape index (κ3) is 5.69. The number of amides is 1. The fourth-order valence-corrected chi connectivity index (χ4v) is 2.97. The topological polar surface area (TPSA) is 67.3 Å². The molecule has 0 saturated carbocycles. The van der Waals surface area contributed by atoms with E-state index in [9.17, 15) is 18.0 Å². The van der Waals surface area contributed by atoms with Gasteiger partial charge in [-0.05, 0) is 56.9 Å². The molecule has 0 spiro atoms. The van der Waals surface area contributed by atoms with E-state index in [-0.39, 0.29) is 18.9 Å². The molecule has 0 aliphatic heterocycles. The molecule has 31 heavy (non-hydrogen) atoms. The second-order valence-electron chi connectivity index (χ2n) is 7.33. The fourth-order valence-electron chi connectivity index (χ4n) is 2.97. The molecule has 1 amide bonds. The maximum atomic E-state index is 13.5. The number of alkyl halides is 3. The lowest BCUT2D eigenvalue weighted by molar-refractivity contribution is -0.139. The smallest absolute Gasteiger partial charge is 0.419 e. The number of benzene rings is 1. The minimum atomic E-state index is -4.57. The maximum absolute atomic E-state index is 13.5. The van der Waals surface area contributed by atoms with Crippen LogP contribution in [0, 0.1) is 6.92 Å². The highest BCUT2D eigenvalue weighted by Gasteiger charge is 2.34. The Morgan fingerprint density at radius 2 is 1.97 bits per heavy atom. The van der Waals surface area contributed by atoms with Crippen molar-refractivity contribution in [2.24, 2.45) is 0 Å². The quantitative estimate of drug-likeness (QED) is 0.615. The van der Waals surface area contributed by atoms with Crippen molar-refractivity contribution in [3.05, 3.63) is 65.0 Å². The molecule has 3 aromatic rings. The third-order valence-corrected chi connectivity index (χ3v) is 4.62. The van der Waals surface area contributed by atoms with Gasteiger partial charge in [-0.1, -0.05) is 6.07 Å². The van der Waals surface area contributed by atoms with Gasteiger partial charge in [0.15, 0.2) is 5.65 Å². The van der Waals surface area contributed by atoms with Gasteiger partial charge in [0, 0.05) is 24.7 Å². The number of rotatable bonds is 7. The molecule has 0 atom stereocenters. The van der Waals surface area contributed by atoms with Crippen LogP contribution < -0.4 is 10.1 Å². The number of carbonyl (C=O) groups excluding carboxylic acids is 1. The Morgan fingerprint density at radius 3 is 2.68 bits per heavy atom. The van der Waals surface area contributed by atoms with E-state index in [2.05, 4.69) is 15.3 Å². The Kier molecular flexibility index (Phi) is 6.74. The highest BCUT2D eigenvalue weighted by Crippen LogP contribution is 2.37. The Bertz CT molecular complexity index is 1080. The molecule has 2 aromatic heterocycles. The van der Waals surface area contributed by atoms with Gasteiger partial charge in [-0.25, -0.2) is 9.97 Å². The maximum Gasteiger partial charge on any atom is 0.419 e. The van der Waals surface area contributed by atoms with E-state index in [1.54, 1.807) is 31.3 Å². The van der Waals surface area contributed by atoms with Crippen LogP contribution in [0.3, 0.4) is 0 Å². The number of nitrogens with one attached hydrogen (secondary N) is 1. The first-order valence-corrected chi connectivity index (χ1v) is 9.63. The van der Waals surface area contributed by atoms with Crippen molar-refractivity contribution in [3.8, 4) is 5.75 Å². The number of aryl methyl sites for hydroxylation is 1. The van der Waals surface area contributed by atoms with Crippen molar-refractivity contribution in [1.29, 1.82) is 0 Å². The van der Waals surface area contributed by atoms with E-state index in [1.807, 2.05) is 19.0 Å². The van der Waals surface area contributed by atoms with Crippen LogP contribution in [0.2, 0.25) is 0 Å². The second kappa shape index (κ2) is 9.30. The number of carbonyl (C=O) groups is 1. The molecule has 0 fully saturated rings. The van der Waals surface area contributed by atoms with Crippen molar-refractivity contribution in [2.45, 2.75) is 19.6 Å². The molecule has 0 unspecified atom stereocenters. The average molecular weight is 432 g/mol. The molecule has 9 heteroatoms. The van der Waals surface area contributed by atoms with E-state index in [1.165, 1.54) is 12.1 Å². The number of fused-ring (bicyclic) bond motifs is 1. The standard InChI is InChI=1S/C22H23F3N4O2/c1-14-17(12-16-5-4-8-26-20(16)28-14)21(30)27-13-15-6-7-19(31-10-9-29(2)3)18(11-15)22(23,24)25/h4-8,11-12H,9-10,13H2,1-3H3,(H,27,30). The number of nitrogens with zero attached hydrogens (tertiary/aromatic N) is 3. The van der Waals surface area contributed by atoms with Crippen molar-refractivity contribution in [1.82, 2.24) is 20.2 Å². The summed E-state index contributed by atoms with van der Waals surface area (Å²) >= 11 is 0. The number of hydrogen-bond donors (Lipinski definition) is 1. The largest absolute Gasteiger partial charge is 0.492 e. The van der Waals surface area contributed by atoms with Crippen LogP contribution in [0.1, 0.15) is 27.2 Å². The Labute approximate surface area is 178 Å². The van der Waals surface area contributed by atoms with Crippen molar-refractivity contribution in [2.75, 3.05) is 27.2 Å². The van der Waals surface area contributed by atoms with Gasteiger partial charge in [-0.2, -0.15) is 13.2 Å².